The molecule has 1 aliphatic heterocycles. The summed E-state index contributed by atoms with van der Waals surface area (Å²) in [6, 6.07) is 7.99. The molecule has 2 aromatic carbocycles. The monoisotopic (exact) mass is 653 g/mol. The minimum atomic E-state index is -4.90. The van der Waals surface area contributed by atoms with E-state index in [1.165, 1.54) is 35.2 Å². The maximum absolute atomic E-state index is 13.6. The first kappa shape index (κ1) is 30.8. The molecule has 4 aromatic rings. The second-order valence-corrected chi connectivity index (χ2v) is 13.6. The van der Waals surface area contributed by atoms with Gasteiger partial charge in [-0.3, -0.25) is 13.7 Å². The summed E-state index contributed by atoms with van der Waals surface area (Å²) in [6.07, 6.45) is -9.54. The molecular weight excluding hydrogens is 633 g/mol. The van der Waals surface area contributed by atoms with E-state index in [0.717, 1.165) is 6.07 Å². The number of nitrogens with one attached hydrogen (secondary N) is 1. The van der Waals surface area contributed by atoms with Gasteiger partial charge in [0.15, 0.2) is 29.1 Å². The molecule has 0 bridgehead atoms. The Morgan fingerprint density at radius 3 is 2.40 bits per heavy atom. The first-order valence-electron chi connectivity index (χ1n) is 11.8. The third-order valence-corrected chi connectivity index (χ3v) is 9.92. The Morgan fingerprint density at radius 1 is 1.05 bits per heavy atom. The van der Waals surface area contributed by atoms with Gasteiger partial charge in [-0.05, 0) is 29.1 Å². The van der Waals surface area contributed by atoms with Crippen molar-refractivity contribution in [2.45, 2.75) is 30.7 Å². The van der Waals surface area contributed by atoms with E-state index < -0.39 is 64.0 Å². The number of alkyl halides is 3. The van der Waals surface area contributed by atoms with E-state index in [1.54, 1.807) is 6.07 Å². The first-order valence-corrected chi connectivity index (χ1v) is 15.8. The average molecular weight is 654 g/mol. The molecule has 0 radical (unpaired) electrons. The number of aliphatic hydroxyl groups is 2. The standard InChI is InChI=1S/C22H21ClF3N5O9P2/c23-21-29-18(28-13-6-5-12(22(24,25)26)10-3-1-2-4-11(10)13)15-19(30-21)31(8-27-15)20-17(33)16(32)14(40-20)7-39-42(37,38)9-41(34,35)36/h1-6,8,14,16-17,20,32-33H,7,9H2,(H,37,38)(H,28,29,30)(H2,34,35,36)/t14-,16+,17+,20-/m1/s1. The molecule has 0 aliphatic carbocycles. The van der Waals surface area contributed by atoms with Gasteiger partial charge in [0.05, 0.1) is 18.5 Å². The number of aliphatic hydroxyl groups excluding tert-OH is 2. The van der Waals surface area contributed by atoms with Crippen molar-refractivity contribution in [2.24, 2.45) is 0 Å². The van der Waals surface area contributed by atoms with Crippen molar-refractivity contribution in [1.82, 2.24) is 19.5 Å². The third kappa shape index (κ3) is 6.31. The molecule has 5 rings (SSSR count). The number of halogens is 4. The van der Waals surface area contributed by atoms with Crippen LogP contribution in [0.25, 0.3) is 21.9 Å². The summed E-state index contributed by atoms with van der Waals surface area (Å²) in [6.45, 7) is -0.807. The summed E-state index contributed by atoms with van der Waals surface area (Å²) in [5, 5.41) is 23.9. The Hall–Kier alpha value is -2.69. The van der Waals surface area contributed by atoms with E-state index in [1.807, 2.05) is 0 Å². The average Bonchev–Trinajstić information content (AvgIpc) is 3.41. The fraction of sp³-hybridized carbons (Fsp3) is 0.318. The molecule has 6 N–H and O–H groups in total. The summed E-state index contributed by atoms with van der Waals surface area (Å²) in [4.78, 5) is 40.0. The van der Waals surface area contributed by atoms with E-state index in [0.29, 0.717) is 0 Å². The molecule has 0 saturated carbocycles. The van der Waals surface area contributed by atoms with Crippen molar-refractivity contribution in [3.8, 4) is 0 Å². The minimum absolute atomic E-state index is 0.000218. The highest BCUT2D eigenvalue weighted by Crippen LogP contribution is 2.55. The Kier molecular flexibility index (Phi) is 8.13. The zero-order valence-corrected chi connectivity index (χ0v) is 23.4. The molecule has 5 atom stereocenters. The van der Waals surface area contributed by atoms with Gasteiger partial charge in [0.2, 0.25) is 5.28 Å². The van der Waals surface area contributed by atoms with Crippen LogP contribution in [-0.4, -0.2) is 75.2 Å². The molecule has 1 saturated heterocycles. The largest absolute Gasteiger partial charge is 0.417 e. The number of hydrogen-bond acceptors (Lipinski definition) is 10. The lowest BCUT2D eigenvalue weighted by Crippen LogP contribution is -2.33. The van der Waals surface area contributed by atoms with Crippen LogP contribution in [0.1, 0.15) is 11.8 Å². The highest BCUT2D eigenvalue weighted by molar-refractivity contribution is 7.70. The fourth-order valence-electron chi connectivity index (χ4n) is 4.51. The van der Waals surface area contributed by atoms with Crippen LogP contribution >= 0.6 is 26.8 Å². The van der Waals surface area contributed by atoms with E-state index in [-0.39, 0.29) is 38.7 Å². The van der Waals surface area contributed by atoms with Gasteiger partial charge in [-0.2, -0.15) is 23.1 Å². The summed E-state index contributed by atoms with van der Waals surface area (Å²) in [7, 11) is -9.67. The lowest BCUT2D eigenvalue weighted by molar-refractivity contribution is -0.136. The van der Waals surface area contributed by atoms with E-state index >= 15 is 0 Å². The highest BCUT2D eigenvalue weighted by atomic mass is 35.5. The summed E-state index contributed by atoms with van der Waals surface area (Å²) < 4.78 is 75.2. The molecule has 14 nitrogen and oxygen atoms in total. The zero-order chi connectivity index (χ0) is 30.6. The Balaban J connectivity index is 1.44. The van der Waals surface area contributed by atoms with Gasteiger partial charge in [-0.15, -0.1) is 0 Å². The normalized spacial score (nSPS) is 23.0. The van der Waals surface area contributed by atoms with Gasteiger partial charge in [0.25, 0.3) is 0 Å². The molecule has 3 heterocycles. The van der Waals surface area contributed by atoms with Crippen molar-refractivity contribution in [3.05, 3.63) is 53.6 Å². The van der Waals surface area contributed by atoms with Gasteiger partial charge < -0.3 is 39.5 Å². The van der Waals surface area contributed by atoms with Gasteiger partial charge in [-0.1, -0.05) is 24.3 Å². The SMILES string of the molecule is O=P(O)(O)CP(=O)(O)OC[C@H]1O[C@@H](n2cnc3c(Nc4ccc(C(F)(F)F)c5ccccc45)nc(Cl)nc32)[C@@H](O)[C@H]1O. The fourth-order valence-corrected chi connectivity index (χ4v) is 7.24. The quantitative estimate of drug-likeness (QED) is 0.119. The number of ether oxygens (including phenoxy) is 1. The maximum atomic E-state index is 13.6. The summed E-state index contributed by atoms with van der Waals surface area (Å²) in [5.74, 6) is -1.46. The van der Waals surface area contributed by atoms with Crippen molar-refractivity contribution >= 4 is 60.2 Å². The minimum Gasteiger partial charge on any atom is -0.387 e. The second-order valence-electron chi connectivity index (χ2n) is 9.28. The number of aromatic nitrogens is 4. The van der Waals surface area contributed by atoms with Crippen molar-refractivity contribution < 1.29 is 56.5 Å². The highest BCUT2D eigenvalue weighted by Gasteiger charge is 2.46. The predicted molar refractivity (Wildman–Crippen MR) is 141 cm³/mol. The van der Waals surface area contributed by atoms with Crippen LogP contribution in [0.5, 0.6) is 0 Å². The lowest BCUT2D eigenvalue weighted by Gasteiger charge is -2.18. The number of fused-ring (bicyclic) bond motifs is 2. The van der Waals surface area contributed by atoms with Crippen LogP contribution in [-0.2, 0) is 24.6 Å². The second kappa shape index (κ2) is 11.1. The van der Waals surface area contributed by atoms with Crippen LogP contribution in [0.4, 0.5) is 24.7 Å². The number of anilines is 2. The van der Waals surface area contributed by atoms with Gasteiger partial charge >= 0.3 is 21.4 Å². The number of imidazole rings is 1. The summed E-state index contributed by atoms with van der Waals surface area (Å²) >= 11 is 6.13. The van der Waals surface area contributed by atoms with Crippen LogP contribution < -0.4 is 5.32 Å². The predicted octanol–water partition coefficient (Wildman–Crippen LogP) is 3.35. The van der Waals surface area contributed by atoms with Crippen LogP contribution in [0.15, 0.2) is 42.7 Å². The molecule has 1 aliphatic rings. The molecule has 20 heteroatoms. The van der Waals surface area contributed by atoms with Crippen LogP contribution in [0.2, 0.25) is 5.28 Å². The maximum Gasteiger partial charge on any atom is 0.417 e. The van der Waals surface area contributed by atoms with Gasteiger partial charge in [0.1, 0.15) is 18.3 Å². The first-order chi connectivity index (χ1) is 19.5. The van der Waals surface area contributed by atoms with E-state index in [2.05, 4.69) is 20.3 Å². The van der Waals surface area contributed by atoms with Crippen molar-refractivity contribution in [2.75, 3.05) is 17.8 Å². The smallest absolute Gasteiger partial charge is 0.387 e. The number of hydrogen-bond donors (Lipinski definition) is 6. The van der Waals surface area contributed by atoms with Gasteiger partial charge in [0, 0.05) is 11.1 Å². The lowest BCUT2D eigenvalue weighted by atomic mass is 10.0. The van der Waals surface area contributed by atoms with E-state index in [9.17, 15) is 37.4 Å². The van der Waals surface area contributed by atoms with E-state index in [4.69, 9.17) is 30.6 Å². The zero-order valence-electron chi connectivity index (χ0n) is 20.8. The molecular formula is C22H21ClF3N5O9P2. The Bertz CT molecular complexity index is 1750. The van der Waals surface area contributed by atoms with Gasteiger partial charge in [-0.25, -0.2) is 4.98 Å². The van der Waals surface area contributed by atoms with Crippen molar-refractivity contribution in [3.63, 3.8) is 0 Å². The molecule has 0 amide bonds. The molecule has 1 fully saturated rings. The Morgan fingerprint density at radius 2 is 1.74 bits per heavy atom. The molecule has 42 heavy (non-hydrogen) atoms. The van der Waals surface area contributed by atoms with Crippen LogP contribution in [0.3, 0.4) is 0 Å². The van der Waals surface area contributed by atoms with Crippen molar-refractivity contribution in [1.29, 1.82) is 0 Å². The number of benzene rings is 2. The molecule has 0 spiro atoms. The molecule has 226 valence electrons. The topological polar surface area (TPSA) is 209 Å². The Labute approximate surface area is 238 Å². The molecule has 2 aromatic heterocycles. The summed E-state index contributed by atoms with van der Waals surface area (Å²) in [5.41, 5.74) is -0.531. The van der Waals surface area contributed by atoms with Crippen LogP contribution in [0, 0.1) is 0 Å². The third-order valence-electron chi connectivity index (χ3n) is 6.29. The number of rotatable bonds is 8. The number of nitrogens with zero attached hydrogens (tertiary/aromatic N) is 4. The molecule has 1 unspecified atom stereocenters.